The van der Waals surface area contributed by atoms with Crippen LogP contribution >= 0.6 is 0 Å². The number of benzene rings is 2. The standard InChI is InChI=1S/C17H20N2O3/c1-11(19-12(2)20)17(21)18-10-13-4-5-15-9-16(22-3)7-6-14(15)8-13/h4-9,11H,10H2,1-3H3,(H,18,21)(H,19,20). The van der Waals surface area contributed by atoms with Gasteiger partial charge in [0.1, 0.15) is 11.8 Å². The number of ether oxygens (including phenoxy) is 1. The predicted octanol–water partition coefficient (Wildman–Crippen LogP) is 1.99. The summed E-state index contributed by atoms with van der Waals surface area (Å²) in [4.78, 5) is 22.8. The lowest BCUT2D eigenvalue weighted by atomic mass is 10.1. The Morgan fingerprint density at radius 2 is 1.82 bits per heavy atom. The average molecular weight is 300 g/mol. The number of methoxy groups -OCH3 is 1. The van der Waals surface area contributed by atoms with Crippen LogP contribution in [0.15, 0.2) is 36.4 Å². The second kappa shape index (κ2) is 6.93. The second-order valence-corrected chi connectivity index (χ2v) is 5.19. The first kappa shape index (κ1) is 15.8. The van der Waals surface area contributed by atoms with Crippen LogP contribution in [0.25, 0.3) is 10.8 Å². The van der Waals surface area contributed by atoms with Crippen LogP contribution in [0, 0.1) is 0 Å². The Bertz CT molecular complexity index is 697. The van der Waals surface area contributed by atoms with E-state index in [4.69, 9.17) is 4.74 Å². The van der Waals surface area contributed by atoms with Gasteiger partial charge in [-0.2, -0.15) is 0 Å². The third-order valence-corrected chi connectivity index (χ3v) is 3.39. The Kier molecular flexibility index (Phi) is 4.99. The largest absolute Gasteiger partial charge is 0.497 e. The van der Waals surface area contributed by atoms with Gasteiger partial charge in [-0.25, -0.2) is 0 Å². The fourth-order valence-corrected chi connectivity index (χ4v) is 2.22. The van der Waals surface area contributed by atoms with Crippen molar-refractivity contribution in [3.8, 4) is 5.75 Å². The van der Waals surface area contributed by atoms with Crippen molar-refractivity contribution in [1.29, 1.82) is 0 Å². The Labute approximate surface area is 129 Å². The fraction of sp³-hybridized carbons (Fsp3) is 0.294. The van der Waals surface area contributed by atoms with Gasteiger partial charge in [-0.15, -0.1) is 0 Å². The molecule has 0 heterocycles. The van der Waals surface area contributed by atoms with Crippen LogP contribution in [-0.4, -0.2) is 25.0 Å². The monoisotopic (exact) mass is 300 g/mol. The molecule has 0 saturated heterocycles. The number of nitrogens with one attached hydrogen (secondary N) is 2. The van der Waals surface area contributed by atoms with Gasteiger partial charge in [-0.05, 0) is 41.5 Å². The summed E-state index contributed by atoms with van der Waals surface area (Å²) in [6.45, 7) is 3.47. The molecule has 5 heteroatoms. The number of amides is 2. The smallest absolute Gasteiger partial charge is 0.242 e. The summed E-state index contributed by atoms with van der Waals surface area (Å²) in [6, 6.07) is 11.3. The van der Waals surface area contributed by atoms with Crippen LogP contribution < -0.4 is 15.4 Å². The Hall–Kier alpha value is -2.56. The van der Waals surface area contributed by atoms with Gasteiger partial charge in [-0.3, -0.25) is 9.59 Å². The van der Waals surface area contributed by atoms with Gasteiger partial charge in [0.05, 0.1) is 7.11 Å². The molecule has 2 amide bonds. The normalized spacial score (nSPS) is 11.8. The highest BCUT2D eigenvalue weighted by Crippen LogP contribution is 2.21. The molecule has 22 heavy (non-hydrogen) atoms. The van der Waals surface area contributed by atoms with Crippen molar-refractivity contribution in [2.75, 3.05) is 7.11 Å². The molecule has 1 unspecified atom stereocenters. The van der Waals surface area contributed by atoms with Gasteiger partial charge in [0.25, 0.3) is 0 Å². The van der Waals surface area contributed by atoms with Crippen molar-refractivity contribution < 1.29 is 14.3 Å². The number of rotatable bonds is 5. The number of fused-ring (bicyclic) bond motifs is 1. The lowest BCUT2D eigenvalue weighted by molar-refractivity contribution is -0.127. The Balaban J connectivity index is 2.03. The molecule has 0 radical (unpaired) electrons. The SMILES string of the molecule is COc1ccc2cc(CNC(=O)C(C)NC(C)=O)ccc2c1. The van der Waals surface area contributed by atoms with Gasteiger partial charge in [0.15, 0.2) is 0 Å². The summed E-state index contributed by atoms with van der Waals surface area (Å²) < 4.78 is 5.20. The molecule has 0 aliphatic rings. The minimum atomic E-state index is -0.540. The second-order valence-electron chi connectivity index (χ2n) is 5.19. The van der Waals surface area contributed by atoms with E-state index in [9.17, 15) is 9.59 Å². The van der Waals surface area contributed by atoms with Gasteiger partial charge in [-0.1, -0.05) is 18.2 Å². The first-order valence-electron chi connectivity index (χ1n) is 7.11. The molecule has 5 nitrogen and oxygen atoms in total. The maximum absolute atomic E-state index is 11.9. The molecule has 1 atom stereocenters. The lowest BCUT2D eigenvalue weighted by Gasteiger charge is -2.13. The molecule has 116 valence electrons. The molecule has 0 aromatic heterocycles. The fourth-order valence-electron chi connectivity index (χ4n) is 2.22. The molecular weight excluding hydrogens is 280 g/mol. The topological polar surface area (TPSA) is 67.4 Å². The summed E-state index contributed by atoms with van der Waals surface area (Å²) in [6.07, 6.45) is 0. The zero-order valence-corrected chi connectivity index (χ0v) is 13.0. The van der Waals surface area contributed by atoms with Crippen LogP contribution in [-0.2, 0) is 16.1 Å². The highest BCUT2D eigenvalue weighted by atomic mass is 16.5. The number of carbonyl (C=O) groups excluding carboxylic acids is 2. The van der Waals surface area contributed by atoms with E-state index in [0.717, 1.165) is 22.1 Å². The van der Waals surface area contributed by atoms with E-state index in [1.807, 2.05) is 36.4 Å². The Morgan fingerprint density at radius 3 is 2.50 bits per heavy atom. The molecule has 2 aromatic carbocycles. The number of carbonyl (C=O) groups is 2. The highest BCUT2D eigenvalue weighted by Gasteiger charge is 2.12. The predicted molar refractivity (Wildman–Crippen MR) is 85.6 cm³/mol. The molecule has 2 rings (SSSR count). The quantitative estimate of drug-likeness (QED) is 0.887. The minimum absolute atomic E-state index is 0.204. The molecule has 2 aromatic rings. The summed E-state index contributed by atoms with van der Waals surface area (Å²) in [5, 5.41) is 7.54. The first-order valence-corrected chi connectivity index (χ1v) is 7.11. The van der Waals surface area contributed by atoms with Crippen LogP contribution in [0.3, 0.4) is 0 Å². The van der Waals surface area contributed by atoms with Crippen molar-refractivity contribution in [1.82, 2.24) is 10.6 Å². The van der Waals surface area contributed by atoms with E-state index >= 15 is 0 Å². The van der Waals surface area contributed by atoms with E-state index in [0.29, 0.717) is 6.54 Å². The third-order valence-electron chi connectivity index (χ3n) is 3.39. The van der Waals surface area contributed by atoms with E-state index in [1.165, 1.54) is 6.92 Å². The van der Waals surface area contributed by atoms with Gasteiger partial charge < -0.3 is 15.4 Å². The van der Waals surface area contributed by atoms with Crippen molar-refractivity contribution >= 4 is 22.6 Å². The van der Waals surface area contributed by atoms with Crippen LogP contribution in [0.4, 0.5) is 0 Å². The van der Waals surface area contributed by atoms with Crippen LogP contribution in [0.5, 0.6) is 5.75 Å². The highest BCUT2D eigenvalue weighted by molar-refractivity contribution is 5.87. The van der Waals surface area contributed by atoms with E-state index < -0.39 is 6.04 Å². The van der Waals surface area contributed by atoms with Gasteiger partial charge in [0, 0.05) is 13.5 Å². The molecule has 0 bridgehead atoms. The number of hydrogen-bond acceptors (Lipinski definition) is 3. The maximum Gasteiger partial charge on any atom is 0.242 e. The molecular formula is C17H20N2O3. The van der Waals surface area contributed by atoms with Crippen LogP contribution in [0.2, 0.25) is 0 Å². The van der Waals surface area contributed by atoms with Crippen molar-refractivity contribution in [2.45, 2.75) is 26.4 Å². The number of hydrogen-bond donors (Lipinski definition) is 2. The maximum atomic E-state index is 11.9. The van der Waals surface area contributed by atoms with E-state index in [2.05, 4.69) is 10.6 Å². The van der Waals surface area contributed by atoms with Crippen molar-refractivity contribution in [3.63, 3.8) is 0 Å². The van der Waals surface area contributed by atoms with Crippen molar-refractivity contribution in [2.24, 2.45) is 0 Å². The average Bonchev–Trinajstić information content (AvgIpc) is 2.51. The van der Waals surface area contributed by atoms with E-state index in [1.54, 1.807) is 14.0 Å². The Morgan fingerprint density at radius 1 is 1.14 bits per heavy atom. The molecule has 0 aliphatic heterocycles. The van der Waals surface area contributed by atoms with Crippen molar-refractivity contribution in [3.05, 3.63) is 42.0 Å². The van der Waals surface area contributed by atoms with Gasteiger partial charge in [0.2, 0.25) is 11.8 Å². The molecule has 0 saturated carbocycles. The molecule has 0 aliphatic carbocycles. The van der Waals surface area contributed by atoms with Gasteiger partial charge >= 0.3 is 0 Å². The minimum Gasteiger partial charge on any atom is -0.497 e. The molecule has 2 N–H and O–H groups in total. The summed E-state index contributed by atoms with van der Waals surface area (Å²) in [5.74, 6) is 0.394. The summed E-state index contributed by atoms with van der Waals surface area (Å²) >= 11 is 0. The summed E-state index contributed by atoms with van der Waals surface area (Å²) in [7, 11) is 1.64. The summed E-state index contributed by atoms with van der Waals surface area (Å²) in [5.41, 5.74) is 1.00. The lowest BCUT2D eigenvalue weighted by Crippen LogP contribution is -2.43. The molecule has 0 spiro atoms. The first-order chi connectivity index (χ1) is 10.5. The molecule has 0 fully saturated rings. The zero-order valence-electron chi connectivity index (χ0n) is 13.0. The zero-order chi connectivity index (χ0) is 16.1. The third kappa shape index (κ3) is 3.97. The van der Waals surface area contributed by atoms with Crippen LogP contribution in [0.1, 0.15) is 19.4 Å². The van der Waals surface area contributed by atoms with E-state index in [-0.39, 0.29) is 11.8 Å².